The Hall–Kier alpha value is -3.94. The molecule has 2 N–H and O–H groups in total. The highest BCUT2D eigenvalue weighted by Gasteiger charge is 1.99. The minimum Gasteiger partial charge on any atom is -0.508 e. The Bertz CT molecular complexity index is 982. The summed E-state index contributed by atoms with van der Waals surface area (Å²) in [6.07, 6.45) is 0. The zero-order chi connectivity index (χ0) is 19.1. The molecule has 3 rings (SSSR count). The van der Waals surface area contributed by atoms with Gasteiger partial charge in [0.25, 0.3) is 0 Å². The van der Waals surface area contributed by atoms with Gasteiger partial charge in [-0.05, 0) is 79.2 Å². The molecule has 0 bridgehead atoms. The van der Waals surface area contributed by atoms with Gasteiger partial charge in [-0.25, -0.2) is 5.43 Å². The molecular weight excluding hydrogens is 344 g/mol. The Balaban J connectivity index is 1.67. The maximum Gasteiger partial charge on any atom is 0.115 e. The van der Waals surface area contributed by atoms with Gasteiger partial charge in [0.2, 0.25) is 0 Å². The number of phenols is 1. The van der Waals surface area contributed by atoms with Crippen molar-refractivity contribution in [2.24, 2.45) is 25.7 Å². The van der Waals surface area contributed by atoms with E-state index in [-0.39, 0.29) is 5.75 Å². The number of nitrogens with one attached hydrogen (secondary N) is 1. The third kappa shape index (κ3) is 5.02. The van der Waals surface area contributed by atoms with Crippen LogP contribution in [0.1, 0.15) is 5.56 Å². The summed E-state index contributed by atoms with van der Waals surface area (Å²) < 4.78 is 0. The molecule has 0 atom stereocenters. The molecule has 0 aliphatic carbocycles. The Morgan fingerprint density at radius 3 is 1.78 bits per heavy atom. The van der Waals surface area contributed by atoms with Gasteiger partial charge in [-0.15, -0.1) is 4.91 Å². The number of azo groups is 2. The number of nitrogens with zero attached hydrogens (tertiary/aromatic N) is 5. The zero-order valence-corrected chi connectivity index (χ0v) is 14.4. The van der Waals surface area contributed by atoms with Gasteiger partial charge in [-0.2, -0.15) is 20.5 Å². The number of benzene rings is 3. The van der Waals surface area contributed by atoms with E-state index in [1.165, 1.54) is 0 Å². The van der Waals surface area contributed by atoms with Crippen molar-refractivity contribution in [3.63, 3.8) is 0 Å². The van der Waals surface area contributed by atoms with Crippen molar-refractivity contribution < 1.29 is 5.11 Å². The second-order valence-electron chi connectivity index (χ2n) is 5.64. The lowest BCUT2D eigenvalue weighted by Gasteiger charge is -2.02. The lowest BCUT2D eigenvalue weighted by atomic mass is 10.2. The monoisotopic (exact) mass is 360 g/mol. The van der Waals surface area contributed by atoms with E-state index in [9.17, 15) is 10.0 Å². The molecule has 3 aromatic carbocycles. The van der Waals surface area contributed by atoms with Gasteiger partial charge >= 0.3 is 0 Å². The van der Waals surface area contributed by atoms with Gasteiger partial charge < -0.3 is 5.11 Å². The van der Waals surface area contributed by atoms with Gasteiger partial charge in [0, 0.05) is 0 Å². The van der Waals surface area contributed by atoms with E-state index in [1.54, 1.807) is 66.7 Å². The molecule has 0 saturated heterocycles. The fourth-order valence-corrected chi connectivity index (χ4v) is 2.22. The number of anilines is 1. The van der Waals surface area contributed by atoms with E-state index in [0.29, 0.717) is 28.4 Å². The van der Waals surface area contributed by atoms with E-state index in [4.69, 9.17) is 0 Å². The summed E-state index contributed by atoms with van der Waals surface area (Å²) in [5.74, 6) is 0.185. The average molecular weight is 360 g/mol. The number of hydrogen-bond acceptors (Lipinski definition) is 7. The first-order chi connectivity index (χ1) is 13.1. The number of nitroso groups, excluding NO2 is 1. The predicted octanol–water partition coefficient (Wildman–Crippen LogP) is 6.62. The van der Waals surface area contributed by atoms with E-state index in [1.807, 2.05) is 6.92 Å². The quantitative estimate of drug-likeness (QED) is 0.292. The normalized spacial score (nSPS) is 11.1. The Kier molecular flexibility index (Phi) is 5.58. The Morgan fingerprint density at radius 1 is 0.741 bits per heavy atom. The van der Waals surface area contributed by atoms with Crippen molar-refractivity contribution >= 4 is 28.4 Å². The van der Waals surface area contributed by atoms with Crippen molar-refractivity contribution in [2.75, 3.05) is 5.43 Å². The number of aryl methyl sites for hydroxylation is 1. The highest BCUT2D eigenvalue weighted by molar-refractivity contribution is 5.56. The van der Waals surface area contributed by atoms with Gasteiger partial charge in [0.1, 0.15) is 5.75 Å². The fourth-order valence-electron chi connectivity index (χ4n) is 2.22. The average Bonchev–Trinajstić information content (AvgIpc) is 2.68. The van der Waals surface area contributed by atoms with Crippen LogP contribution in [0.15, 0.2) is 92.5 Å². The molecule has 0 saturated carbocycles. The zero-order valence-electron chi connectivity index (χ0n) is 14.4. The van der Waals surface area contributed by atoms with Gasteiger partial charge in [-0.1, -0.05) is 0 Å². The number of hydrogen-bond donors (Lipinski definition) is 2. The topological polar surface area (TPSA) is 111 Å². The van der Waals surface area contributed by atoms with E-state index >= 15 is 0 Å². The molecule has 8 heteroatoms. The van der Waals surface area contributed by atoms with Crippen LogP contribution >= 0.6 is 0 Å². The van der Waals surface area contributed by atoms with Crippen LogP contribution in [0.3, 0.4) is 0 Å². The Morgan fingerprint density at radius 2 is 1.26 bits per heavy atom. The third-order valence-electron chi connectivity index (χ3n) is 3.63. The van der Waals surface area contributed by atoms with E-state index < -0.39 is 0 Å². The van der Waals surface area contributed by atoms with Crippen LogP contribution in [-0.4, -0.2) is 5.11 Å². The number of phenolic OH excluding ortho intramolecular Hbond substituents is 1. The van der Waals surface area contributed by atoms with Gasteiger partial charge in [-0.3, -0.25) is 0 Å². The molecule has 0 aliphatic rings. The van der Waals surface area contributed by atoms with Crippen molar-refractivity contribution in [3.05, 3.63) is 77.2 Å². The maximum atomic E-state index is 10.2. The van der Waals surface area contributed by atoms with Crippen LogP contribution in [0.5, 0.6) is 5.75 Å². The van der Waals surface area contributed by atoms with E-state index in [0.717, 1.165) is 5.56 Å². The van der Waals surface area contributed by atoms with Crippen LogP contribution in [0.25, 0.3) is 0 Å². The second kappa shape index (κ2) is 8.43. The fraction of sp³-hybridized carbons (Fsp3) is 0.0526. The SMILES string of the molecule is Cc1cc(NN=O)ccc1N=Nc1ccc(N=Nc2ccc(O)cc2)cc1. The van der Waals surface area contributed by atoms with Crippen molar-refractivity contribution in [1.82, 2.24) is 0 Å². The van der Waals surface area contributed by atoms with Crippen LogP contribution in [-0.2, 0) is 0 Å². The first kappa shape index (κ1) is 17.9. The summed E-state index contributed by atoms with van der Waals surface area (Å²) in [5, 5.41) is 28.5. The first-order valence-electron chi connectivity index (χ1n) is 8.05. The minimum absolute atomic E-state index is 0.185. The lowest BCUT2D eigenvalue weighted by Crippen LogP contribution is -1.86. The molecule has 0 amide bonds. The number of rotatable bonds is 6. The summed E-state index contributed by atoms with van der Waals surface area (Å²) in [6.45, 7) is 1.87. The molecule has 134 valence electrons. The third-order valence-corrected chi connectivity index (χ3v) is 3.63. The van der Waals surface area contributed by atoms with Gasteiger partial charge in [0.15, 0.2) is 0 Å². The highest BCUT2D eigenvalue weighted by Crippen LogP contribution is 2.26. The molecule has 0 heterocycles. The summed E-state index contributed by atoms with van der Waals surface area (Å²) in [6, 6.07) is 18.8. The molecule has 0 radical (unpaired) electrons. The van der Waals surface area contributed by atoms with Crippen molar-refractivity contribution in [2.45, 2.75) is 6.92 Å². The van der Waals surface area contributed by atoms with Crippen molar-refractivity contribution in [3.8, 4) is 5.75 Å². The standard InChI is InChI=1S/C19H16N6O2/c1-13-12-17(23-25-27)8-11-19(13)24-22-15-4-2-14(3-5-15)20-21-16-6-9-18(26)10-7-16/h2-12,26H,1H3,(H,23,27). The number of aromatic hydroxyl groups is 1. The minimum atomic E-state index is 0.185. The molecule has 0 fully saturated rings. The largest absolute Gasteiger partial charge is 0.508 e. The maximum absolute atomic E-state index is 10.2. The summed E-state index contributed by atoms with van der Waals surface area (Å²) in [4.78, 5) is 10.2. The molecule has 0 aromatic heterocycles. The highest BCUT2D eigenvalue weighted by atomic mass is 16.3. The predicted molar refractivity (Wildman–Crippen MR) is 103 cm³/mol. The van der Waals surface area contributed by atoms with Crippen LogP contribution in [0, 0.1) is 11.8 Å². The molecular formula is C19H16N6O2. The first-order valence-corrected chi connectivity index (χ1v) is 8.05. The van der Waals surface area contributed by atoms with Crippen LogP contribution in [0.4, 0.5) is 28.4 Å². The molecule has 0 unspecified atom stereocenters. The summed E-state index contributed by atoms with van der Waals surface area (Å²) in [7, 11) is 0. The molecule has 8 nitrogen and oxygen atoms in total. The van der Waals surface area contributed by atoms with Crippen molar-refractivity contribution in [1.29, 1.82) is 0 Å². The smallest absolute Gasteiger partial charge is 0.115 e. The molecule has 0 spiro atoms. The van der Waals surface area contributed by atoms with Gasteiger partial charge in [0.05, 0.1) is 33.7 Å². The molecule has 0 aliphatic heterocycles. The Labute approximate surface area is 155 Å². The van der Waals surface area contributed by atoms with E-state index in [2.05, 4.69) is 31.2 Å². The summed E-state index contributed by atoms with van der Waals surface area (Å²) in [5.41, 5.74) is 6.51. The molecule has 3 aromatic rings. The summed E-state index contributed by atoms with van der Waals surface area (Å²) >= 11 is 0. The lowest BCUT2D eigenvalue weighted by molar-refractivity contribution is 0.475. The molecule has 27 heavy (non-hydrogen) atoms. The second-order valence-corrected chi connectivity index (χ2v) is 5.64. The van der Waals surface area contributed by atoms with Crippen LogP contribution in [0.2, 0.25) is 0 Å². The van der Waals surface area contributed by atoms with Crippen LogP contribution < -0.4 is 5.43 Å².